The summed E-state index contributed by atoms with van der Waals surface area (Å²) < 4.78 is 5.18. The molecule has 1 rings (SSSR count). The lowest BCUT2D eigenvalue weighted by molar-refractivity contribution is 0.0959. The summed E-state index contributed by atoms with van der Waals surface area (Å²) >= 11 is 0. The van der Waals surface area contributed by atoms with Gasteiger partial charge in [0.15, 0.2) is 0 Å². The fraction of sp³-hybridized carbons (Fsp3) is 0.917. The monoisotopic (exact) mass is 213 g/mol. The van der Waals surface area contributed by atoms with Crippen LogP contribution in [0.3, 0.4) is 0 Å². The van der Waals surface area contributed by atoms with Crippen LogP contribution in [0.5, 0.6) is 0 Å². The van der Waals surface area contributed by atoms with Gasteiger partial charge in [-0.25, -0.2) is 4.79 Å². The van der Waals surface area contributed by atoms with E-state index in [9.17, 15) is 4.79 Å². The molecular formula is C12H23NO2. The lowest BCUT2D eigenvalue weighted by atomic mass is 10.1. The Morgan fingerprint density at radius 3 is 2.53 bits per heavy atom. The minimum absolute atomic E-state index is 0.0978. The molecule has 0 radical (unpaired) electrons. The van der Waals surface area contributed by atoms with Crippen LogP contribution in [0.1, 0.15) is 52.4 Å². The number of hydrogen-bond donors (Lipinski definition) is 0. The van der Waals surface area contributed by atoms with E-state index in [2.05, 4.69) is 13.8 Å². The second-order valence-corrected chi connectivity index (χ2v) is 4.25. The van der Waals surface area contributed by atoms with Gasteiger partial charge < -0.3 is 9.64 Å². The first-order valence-corrected chi connectivity index (χ1v) is 6.23. The number of rotatable bonds is 5. The molecule has 0 bridgehead atoms. The minimum atomic E-state index is -0.0978. The van der Waals surface area contributed by atoms with Crippen LogP contribution in [-0.4, -0.2) is 30.2 Å². The molecule has 0 spiro atoms. The van der Waals surface area contributed by atoms with Crippen LogP contribution >= 0.6 is 0 Å². The zero-order chi connectivity index (χ0) is 11.1. The molecular weight excluding hydrogens is 190 g/mol. The second kappa shape index (κ2) is 6.70. The van der Waals surface area contributed by atoms with E-state index in [0.717, 1.165) is 45.1 Å². The van der Waals surface area contributed by atoms with Gasteiger partial charge in [0.25, 0.3) is 0 Å². The summed E-state index contributed by atoms with van der Waals surface area (Å²) in [5.74, 6) is 0. The summed E-state index contributed by atoms with van der Waals surface area (Å²) in [6, 6.07) is 0.394. The largest absolute Gasteiger partial charge is 0.449 e. The zero-order valence-corrected chi connectivity index (χ0v) is 10.00. The predicted octanol–water partition coefficient (Wildman–Crippen LogP) is 3.19. The number of carbonyl (C=O) groups is 1. The van der Waals surface area contributed by atoms with Crippen molar-refractivity contribution in [3.63, 3.8) is 0 Å². The Bertz CT molecular complexity index is 188. The maximum Gasteiger partial charge on any atom is 0.410 e. The molecule has 15 heavy (non-hydrogen) atoms. The molecule has 0 unspecified atom stereocenters. The topological polar surface area (TPSA) is 29.5 Å². The van der Waals surface area contributed by atoms with Crippen LogP contribution in [0, 0.1) is 0 Å². The van der Waals surface area contributed by atoms with Crippen LogP contribution in [0.15, 0.2) is 0 Å². The normalized spacial score (nSPS) is 17.8. The van der Waals surface area contributed by atoms with Gasteiger partial charge in [0.2, 0.25) is 0 Å². The highest BCUT2D eigenvalue weighted by Gasteiger charge is 2.24. The molecule has 0 aromatic carbocycles. The van der Waals surface area contributed by atoms with E-state index in [4.69, 9.17) is 4.74 Å². The van der Waals surface area contributed by atoms with Gasteiger partial charge in [-0.3, -0.25) is 0 Å². The van der Waals surface area contributed by atoms with E-state index in [-0.39, 0.29) is 6.09 Å². The van der Waals surface area contributed by atoms with Gasteiger partial charge in [0.1, 0.15) is 0 Å². The Balaban J connectivity index is 2.57. The zero-order valence-electron chi connectivity index (χ0n) is 10.00. The Morgan fingerprint density at radius 1 is 1.27 bits per heavy atom. The van der Waals surface area contributed by atoms with E-state index in [1.165, 1.54) is 0 Å². The molecule has 1 saturated heterocycles. The molecule has 0 N–H and O–H groups in total. The number of cyclic esters (lactones) is 1. The summed E-state index contributed by atoms with van der Waals surface area (Å²) in [5.41, 5.74) is 0. The van der Waals surface area contributed by atoms with Crippen molar-refractivity contribution in [2.24, 2.45) is 0 Å². The SMILES string of the molecule is CCCC(CCC)N1CCCCOC1=O. The van der Waals surface area contributed by atoms with Crippen molar-refractivity contribution >= 4 is 6.09 Å². The molecule has 0 aliphatic carbocycles. The van der Waals surface area contributed by atoms with Crippen molar-refractivity contribution < 1.29 is 9.53 Å². The summed E-state index contributed by atoms with van der Waals surface area (Å²) in [4.78, 5) is 13.7. The number of hydrogen-bond acceptors (Lipinski definition) is 2. The Kier molecular flexibility index (Phi) is 5.51. The maximum atomic E-state index is 11.7. The van der Waals surface area contributed by atoms with Gasteiger partial charge in [-0.05, 0) is 25.7 Å². The van der Waals surface area contributed by atoms with Crippen LogP contribution < -0.4 is 0 Å². The fourth-order valence-electron chi connectivity index (χ4n) is 2.17. The fourth-order valence-corrected chi connectivity index (χ4v) is 2.17. The first kappa shape index (κ1) is 12.3. The van der Waals surface area contributed by atoms with Gasteiger partial charge in [0.05, 0.1) is 6.61 Å². The molecule has 1 aliphatic rings. The standard InChI is InChI=1S/C12H23NO2/c1-3-7-11(8-4-2)13-9-5-6-10-15-12(13)14/h11H,3-10H2,1-2H3. The van der Waals surface area contributed by atoms with Crippen LogP contribution in [0.2, 0.25) is 0 Å². The molecule has 88 valence electrons. The maximum absolute atomic E-state index is 11.7. The van der Waals surface area contributed by atoms with Gasteiger partial charge in [-0.2, -0.15) is 0 Å². The third kappa shape index (κ3) is 3.73. The van der Waals surface area contributed by atoms with Gasteiger partial charge in [-0.15, -0.1) is 0 Å². The number of nitrogens with zero attached hydrogens (tertiary/aromatic N) is 1. The smallest absolute Gasteiger partial charge is 0.410 e. The Hall–Kier alpha value is -0.730. The molecule has 0 saturated carbocycles. The van der Waals surface area contributed by atoms with Gasteiger partial charge in [-0.1, -0.05) is 26.7 Å². The number of carbonyl (C=O) groups excluding carboxylic acids is 1. The van der Waals surface area contributed by atoms with Crippen molar-refractivity contribution in [3.8, 4) is 0 Å². The Labute approximate surface area is 92.8 Å². The summed E-state index contributed by atoms with van der Waals surface area (Å²) in [5, 5.41) is 0. The predicted molar refractivity (Wildman–Crippen MR) is 60.9 cm³/mol. The van der Waals surface area contributed by atoms with E-state index >= 15 is 0 Å². The van der Waals surface area contributed by atoms with Crippen molar-refractivity contribution in [2.45, 2.75) is 58.4 Å². The van der Waals surface area contributed by atoms with Crippen molar-refractivity contribution in [3.05, 3.63) is 0 Å². The average Bonchev–Trinajstić information content (AvgIpc) is 2.43. The van der Waals surface area contributed by atoms with Crippen molar-refractivity contribution in [1.82, 2.24) is 4.90 Å². The molecule has 0 aromatic heterocycles. The average molecular weight is 213 g/mol. The van der Waals surface area contributed by atoms with Crippen LogP contribution in [0.4, 0.5) is 4.79 Å². The molecule has 3 heteroatoms. The minimum Gasteiger partial charge on any atom is -0.449 e. The van der Waals surface area contributed by atoms with Crippen LogP contribution in [0.25, 0.3) is 0 Å². The number of amides is 1. The number of ether oxygens (including phenoxy) is 1. The molecule has 0 aromatic rings. The molecule has 1 aliphatic heterocycles. The second-order valence-electron chi connectivity index (χ2n) is 4.25. The lowest BCUT2D eigenvalue weighted by Crippen LogP contribution is -2.40. The summed E-state index contributed by atoms with van der Waals surface area (Å²) in [6.07, 6.45) is 6.46. The van der Waals surface area contributed by atoms with E-state index < -0.39 is 0 Å². The van der Waals surface area contributed by atoms with Crippen LogP contribution in [-0.2, 0) is 4.74 Å². The van der Waals surface area contributed by atoms with E-state index in [1.807, 2.05) is 4.90 Å². The van der Waals surface area contributed by atoms with Crippen molar-refractivity contribution in [1.29, 1.82) is 0 Å². The van der Waals surface area contributed by atoms with E-state index in [1.54, 1.807) is 0 Å². The van der Waals surface area contributed by atoms with Gasteiger partial charge >= 0.3 is 6.09 Å². The molecule has 1 heterocycles. The third-order valence-corrected chi connectivity index (χ3v) is 2.94. The van der Waals surface area contributed by atoms with Crippen molar-refractivity contribution in [2.75, 3.05) is 13.2 Å². The third-order valence-electron chi connectivity index (χ3n) is 2.94. The molecule has 1 amide bonds. The lowest BCUT2D eigenvalue weighted by Gasteiger charge is -2.29. The molecule has 1 fully saturated rings. The summed E-state index contributed by atoms with van der Waals surface area (Å²) in [7, 11) is 0. The van der Waals surface area contributed by atoms with Gasteiger partial charge in [0, 0.05) is 12.6 Å². The highest BCUT2D eigenvalue weighted by Crippen LogP contribution is 2.17. The Morgan fingerprint density at radius 2 is 1.93 bits per heavy atom. The highest BCUT2D eigenvalue weighted by molar-refractivity contribution is 5.68. The molecule has 3 nitrogen and oxygen atoms in total. The molecule has 0 atom stereocenters. The van der Waals surface area contributed by atoms with E-state index in [0.29, 0.717) is 12.6 Å². The first-order chi connectivity index (χ1) is 7.29. The highest BCUT2D eigenvalue weighted by atomic mass is 16.6. The first-order valence-electron chi connectivity index (χ1n) is 6.23. The summed E-state index contributed by atoms with van der Waals surface area (Å²) in [6.45, 7) is 5.82. The quantitative estimate of drug-likeness (QED) is 0.702.